The van der Waals surface area contributed by atoms with Gasteiger partial charge in [-0.2, -0.15) is 0 Å². The lowest BCUT2D eigenvalue weighted by Crippen LogP contribution is -2.31. The SMILES string of the molecule is COC(=O)C(Cl)C(Cl)C(C)=O. The van der Waals surface area contributed by atoms with E-state index in [0.29, 0.717) is 0 Å². The highest BCUT2D eigenvalue weighted by Gasteiger charge is 2.28. The summed E-state index contributed by atoms with van der Waals surface area (Å²) in [6, 6.07) is 0. The predicted octanol–water partition coefficient (Wildman–Crippen LogP) is 0.963. The van der Waals surface area contributed by atoms with Crippen LogP contribution in [0, 0.1) is 0 Å². The van der Waals surface area contributed by atoms with Crippen molar-refractivity contribution < 1.29 is 14.3 Å². The standard InChI is InChI=1S/C6H8Cl2O3/c1-3(9)4(7)5(8)6(10)11-2/h4-5H,1-2H3. The fourth-order valence-electron chi connectivity index (χ4n) is 0.438. The molecule has 2 atom stereocenters. The predicted molar refractivity (Wildman–Crippen MR) is 42.0 cm³/mol. The number of esters is 1. The highest BCUT2D eigenvalue weighted by atomic mass is 35.5. The van der Waals surface area contributed by atoms with Crippen molar-refractivity contribution in [1.82, 2.24) is 0 Å². The van der Waals surface area contributed by atoms with Crippen LogP contribution in [-0.2, 0) is 14.3 Å². The van der Waals surface area contributed by atoms with E-state index in [1.54, 1.807) is 0 Å². The average Bonchev–Trinajstić information content (AvgIpc) is 2.00. The Labute approximate surface area is 74.6 Å². The Morgan fingerprint density at radius 2 is 1.73 bits per heavy atom. The van der Waals surface area contributed by atoms with E-state index < -0.39 is 16.7 Å². The Bertz CT molecular complexity index is 169. The Morgan fingerprint density at radius 1 is 1.27 bits per heavy atom. The van der Waals surface area contributed by atoms with Gasteiger partial charge in [0.15, 0.2) is 5.38 Å². The van der Waals surface area contributed by atoms with Gasteiger partial charge in [0, 0.05) is 0 Å². The van der Waals surface area contributed by atoms with Crippen LogP contribution in [0.25, 0.3) is 0 Å². The molecule has 11 heavy (non-hydrogen) atoms. The lowest BCUT2D eigenvalue weighted by atomic mass is 10.2. The van der Waals surface area contributed by atoms with Gasteiger partial charge in [-0.1, -0.05) is 0 Å². The van der Waals surface area contributed by atoms with E-state index >= 15 is 0 Å². The summed E-state index contributed by atoms with van der Waals surface area (Å²) in [4.78, 5) is 21.2. The maximum absolute atomic E-state index is 10.7. The molecule has 0 spiro atoms. The number of rotatable bonds is 3. The van der Waals surface area contributed by atoms with E-state index in [-0.39, 0.29) is 5.78 Å². The summed E-state index contributed by atoms with van der Waals surface area (Å²) in [7, 11) is 1.18. The van der Waals surface area contributed by atoms with Crippen LogP contribution in [-0.4, -0.2) is 29.6 Å². The molecule has 0 aromatic rings. The van der Waals surface area contributed by atoms with Crippen molar-refractivity contribution in [2.45, 2.75) is 17.7 Å². The molecule has 0 aliphatic heterocycles. The molecule has 0 N–H and O–H groups in total. The van der Waals surface area contributed by atoms with E-state index in [1.165, 1.54) is 14.0 Å². The maximum Gasteiger partial charge on any atom is 0.325 e. The summed E-state index contributed by atoms with van der Waals surface area (Å²) < 4.78 is 4.28. The number of carbonyl (C=O) groups is 2. The first-order valence-corrected chi connectivity index (χ1v) is 3.74. The Balaban J connectivity index is 4.12. The zero-order valence-electron chi connectivity index (χ0n) is 6.14. The molecule has 0 aromatic heterocycles. The van der Waals surface area contributed by atoms with Crippen LogP contribution >= 0.6 is 23.2 Å². The zero-order chi connectivity index (χ0) is 9.02. The molecule has 0 radical (unpaired) electrons. The van der Waals surface area contributed by atoms with Crippen molar-refractivity contribution >= 4 is 35.0 Å². The molecular weight excluding hydrogens is 191 g/mol. The van der Waals surface area contributed by atoms with Crippen LogP contribution in [0.3, 0.4) is 0 Å². The third-order valence-corrected chi connectivity index (χ3v) is 2.19. The average molecular weight is 199 g/mol. The van der Waals surface area contributed by atoms with Crippen molar-refractivity contribution in [3.8, 4) is 0 Å². The van der Waals surface area contributed by atoms with Crippen molar-refractivity contribution in [3.05, 3.63) is 0 Å². The third-order valence-electron chi connectivity index (χ3n) is 1.07. The smallest absolute Gasteiger partial charge is 0.325 e. The highest BCUT2D eigenvalue weighted by molar-refractivity contribution is 6.42. The van der Waals surface area contributed by atoms with Crippen LogP contribution in [0.15, 0.2) is 0 Å². The second kappa shape index (κ2) is 4.57. The summed E-state index contributed by atoms with van der Waals surface area (Å²) in [6.07, 6.45) is 0. The minimum atomic E-state index is -1.10. The summed E-state index contributed by atoms with van der Waals surface area (Å²) in [5.41, 5.74) is 0. The van der Waals surface area contributed by atoms with E-state index in [9.17, 15) is 9.59 Å². The van der Waals surface area contributed by atoms with Crippen LogP contribution < -0.4 is 0 Å². The molecule has 0 saturated carbocycles. The molecule has 0 fully saturated rings. The van der Waals surface area contributed by atoms with Gasteiger partial charge in [-0.15, -0.1) is 23.2 Å². The normalized spacial score (nSPS) is 15.3. The molecule has 3 nitrogen and oxygen atoms in total. The van der Waals surface area contributed by atoms with Crippen molar-refractivity contribution in [2.75, 3.05) is 7.11 Å². The van der Waals surface area contributed by atoms with Gasteiger partial charge in [0.25, 0.3) is 0 Å². The van der Waals surface area contributed by atoms with E-state index in [4.69, 9.17) is 23.2 Å². The van der Waals surface area contributed by atoms with E-state index in [0.717, 1.165) is 0 Å². The summed E-state index contributed by atoms with van der Waals surface area (Å²) >= 11 is 10.9. The second-order valence-corrected chi connectivity index (χ2v) is 2.88. The first-order valence-electron chi connectivity index (χ1n) is 2.87. The summed E-state index contributed by atoms with van der Waals surface area (Å²) in [5, 5.41) is -2.11. The van der Waals surface area contributed by atoms with Crippen molar-refractivity contribution in [2.24, 2.45) is 0 Å². The third kappa shape index (κ3) is 3.08. The van der Waals surface area contributed by atoms with Gasteiger partial charge < -0.3 is 4.74 Å². The highest BCUT2D eigenvalue weighted by Crippen LogP contribution is 2.12. The first kappa shape index (κ1) is 10.7. The van der Waals surface area contributed by atoms with Crippen LogP contribution in [0.1, 0.15) is 6.92 Å². The number of ketones is 1. The molecule has 0 rings (SSSR count). The molecule has 0 aliphatic rings. The second-order valence-electron chi connectivity index (χ2n) is 1.94. The molecule has 0 amide bonds. The molecular formula is C6H8Cl2O3. The number of hydrogen-bond donors (Lipinski definition) is 0. The van der Waals surface area contributed by atoms with Crippen LogP contribution in [0.4, 0.5) is 0 Å². The van der Waals surface area contributed by atoms with Gasteiger partial charge in [-0.05, 0) is 6.92 Å². The quantitative estimate of drug-likeness (QED) is 0.502. The molecule has 0 saturated heterocycles. The number of Topliss-reactive ketones (excluding diaryl/α,β-unsaturated/α-hetero) is 1. The molecule has 0 bridgehead atoms. The van der Waals surface area contributed by atoms with E-state index in [1.807, 2.05) is 0 Å². The van der Waals surface area contributed by atoms with Gasteiger partial charge in [0.2, 0.25) is 0 Å². The molecule has 64 valence electrons. The van der Waals surface area contributed by atoms with Crippen LogP contribution in [0.5, 0.6) is 0 Å². The number of carbonyl (C=O) groups excluding carboxylic acids is 2. The van der Waals surface area contributed by atoms with Gasteiger partial charge in [-0.3, -0.25) is 9.59 Å². The van der Waals surface area contributed by atoms with E-state index in [2.05, 4.69) is 4.74 Å². The number of hydrogen-bond acceptors (Lipinski definition) is 3. The van der Waals surface area contributed by atoms with Crippen LogP contribution in [0.2, 0.25) is 0 Å². The van der Waals surface area contributed by atoms with Gasteiger partial charge in [-0.25, -0.2) is 0 Å². The van der Waals surface area contributed by atoms with Gasteiger partial charge >= 0.3 is 5.97 Å². The fourth-order valence-corrected chi connectivity index (χ4v) is 0.808. The molecule has 0 heterocycles. The molecule has 0 aliphatic carbocycles. The number of ether oxygens (including phenoxy) is 1. The Hall–Kier alpha value is -0.280. The van der Waals surface area contributed by atoms with Gasteiger partial charge in [0.1, 0.15) is 11.2 Å². The van der Waals surface area contributed by atoms with Crippen molar-refractivity contribution in [1.29, 1.82) is 0 Å². The Morgan fingerprint density at radius 3 is 2.00 bits per heavy atom. The lowest BCUT2D eigenvalue weighted by Gasteiger charge is -2.09. The number of halogens is 2. The minimum absolute atomic E-state index is 0.350. The molecule has 0 aromatic carbocycles. The lowest BCUT2D eigenvalue weighted by molar-refractivity contribution is -0.141. The number of alkyl halides is 2. The monoisotopic (exact) mass is 198 g/mol. The fraction of sp³-hybridized carbons (Fsp3) is 0.667. The van der Waals surface area contributed by atoms with Crippen molar-refractivity contribution in [3.63, 3.8) is 0 Å². The summed E-state index contributed by atoms with van der Waals surface area (Å²) in [5.74, 6) is -1.04. The summed E-state index contributed by atoms with van der Waals surface area (Å²) in [6.45, 7) is 1.26. The van der Waals surface area contributed by atoms with Gasteiger partial charge in [0.05, 0.1) is 7.11 Å². The minimum Gasteiger partial charge on any atom is -0.468 e. The topological polar surface area (TPSA) is 43.4 Å². The Kier molecular flexibility index (Phi) is 4.45. The first-order chi connectivity index (χ1) is 5.00. The zero-order valence-corrected chi connectivity index (χ0v) is 7.65. The molecule has 2 unspecified atom stereocenters. The number of methoxy groups -OCH3 is 1. The molecule has 5 heteroatoms. The maximum atomic E-state index is 10.7. The largest absolute Gasteiger partial charge is 0.468 e.